The van der Waals surface area contributed by atoms with Crippen LogP contribution in [0.1, 0.15) is 50.2 Å². The first kappa shape index (κ1) is 26.4. The number of hydrogen-bond donors (Lipinski definition) is 1. The highest BCUT2D eigenvalue weighted by molar-refractivity contribution is 9.10. The average Bonchev–Trinajstić information content (AvgIpc) is 2.81. The Morgan fingerprint density at radius 1 is 1.06 bits per heavy atom. The summed E-state index contributed by atoms with van der Waals surface area (Å²) >= 11 is 17.2. The number of nitrogens with zero attached hydrogens (tertiary/aromatic N) is 1. The highest BCUT2D eigenvalue weighted by atomic mass is 79.9. The number of thioether (sulfide) groups is 1. The van der Waals surface area contributed by atoms with E-state index in [1.165, 1.54) is 6.42 Å². The second-order valence-electron chi connectivity index (χ2n) is 8.41. The van der Waals surface area contributed by atoms with Gasteiger partial charge in [-0.2, -0.15) is 0 Å². The van der Waals surface area contributed by atoms with Crippen molar-refractivity contribution in [3.8, 4) is 0 Å². The van der Waals surface area contributed by atoms with Crippen LogP contribution in [0, 0.1) is 0 Å². The molecule has 0 aromatic heterocycles. The Labute approximate surface area is 218 Å². The van der Waals surface area contributed by atoms with E-state index in [-0.39, 0.29) is 17.9 Å². The number of hydrogen-bond acceptors (Lipinski definition) is 3. The molecule has 2 aromatic carbocycles. The van der Waals surface area contributed by atoms with Crippen LogP contribution in [-0.2, 0) is 21.9 Å². The maximum Gasteiger partial charge on any atom is 0.242 e. The maximum absolute atomic E-state index is 13.2. The molecule has 0 heterocycles. The second-order valence-corrected chi connectivity index (χ2v) is 11.1. The van der Waals surface area contributed by atoms with Gasteiger partial charge >= 0.3 is 0 Å². The van der Waals surface area contributed by atoms with Crippen LogP contribution in [0.2, 0.25) is 10.0 Å². The van der Waals surface area contributed by atoms with Gasteiger partial charge in [0.2, 0.25) is 11.8 Å². The first-order valence-corrected chi connectivity index (χ1v) is 13.9. The van der Waals surface area contributed by atoms with Crippen LogP contribution in [0.4, 0.5) is 0 Å². The van der Waals surface area contributed by atoms with Gasteiger partial charge in [0, 0.05) is 22.8 Å². The van der Waals surface area contributed by atoms with Crippen molar-refractivity contribution in [3.63, 3.8) is 0 Å². The molecule has 0 unspecified atom stereocenters. The third-order valence-electron chi connectivity index (χ3n) is 5.86. The van der Waals surface area contributed by atoms with Crippen molar-refractivity contribution in [2.24, 2.45) is 0 Å². The fraction of sp³-hybridized carbons (Fsp3) is 0.440. The van der Waals surface area contributed by atoms with E-state index < -0.39 is 6.04 Å². The first-order chi connectivity index (χ1) is 15.8. The fourth-order valence-electron chi connectivity index (χ4n) is 3.91. The lowest BCUT2D eigenvalue weighted by molar-refractivity contribution is -0.139. The molecule has 1 aliphatic carbocycles. The summed E-state index contributed by atoms with van der Waals surface area (Å²) in [5.74, 6) is 0.837. The molecule has 3 rings (SSSR count). The molecule has 1 N–H and O–H groups in total. The fourth-order valence-corrected chi connectivity index (χ4v) is 5.36. The lowest BCUT2D eigenvalue weighted by Gasteiger charge is -2.31. The smallest absolute Gasteiger partial charge is 0.242 e. The van der Waals surface area contributed by atoms with Gasteiger partial charge in [-0.25, -0.2) is 0 Å². The van der Waals surface area contributed by atoms with Crippen LogP contribution >= 0.6 is 50.9 Å². The van der Waals surface area contributed by atoms with E-state index in [0.717, 1.165) is 47.0 Å². The van der Waals surface area contributed by atoms with Crippen molar-refractivity contribution in [1.82, 2.24) is 10.2 Å². The molecule has 1 saturated carbocycles. The minimum Gasteiger partial charge on any atom is -0.352 e. The molecule has 0 radical (unpaired) electrons. The third-order valence-corrected chi connectivity index (χ3v) is 8.12. The molecular weight excluding hydrogens is 543 g/mol. The molecule has 178 valence electrons. The van der Waals surface area contributed by atoms with Gasteiger partial charge in [0.1, 0.15) is 6.04 Å². The molecule has 8 heteroatoms. The van der Waals surface area contributed by atoms with Crippen molar-refractivity contribution >= 4 is 62.7 Å². The lowest BCUT2D eigenvalue weighted by Crippen LogP contribution is -2.50. The molecule has 2 amide bonds. The Morgan fingerprint density at radius 2 is 1.73 bits per heavy atom. The van der Waals surface area contributed by atoms with E-state index >= 15 is 0 Å². The lowest BCUT2D eigenvalue weighted by atomic mass is 9.95. The van der Waals surface area contributed by atoms with Crippen molar-refractivity contribution in [2.45, 2.75) is 63.4 Å². The summed E-state index contributed by atoms with van der Waals surface area (Å²) in [5.41, 5.74) is 1.99. The van der Waals surface area contributed by atoms with Gasteiger partial charge in [-0.05, 0) is 55.2 Å². The number of benzene rings is 2. The summed E-state index contributed by atoms with van der Waals surface area (Å²) in [4.78, 5) is 27.9. The van der Waals surface area contributed by atoms with Gasteiger partial charge in [-0.1, -0.05) is 76.6 Å². The number of carbonyl (C=O) groups is 2. The minimum atomic E-state index is -0.581. The van der Waals surface area contributed by atoms with Crippen LogP contribution in [0.3, 0.4) is 0 Å². The summed E-state index contributed by atoms with van der Waals surface area (Å²) in [6.45, 7) is 2.10. The van der Waals surface area contributed by atoms with Crippen molar-refractivity contribution in [3.05, 3.63) is 68.1 Å². The van der Waals surface area contributed by atoms with Gasteiger partial charge < -0.3 is 10.2 Å². The van der Waals surface area contributed by atoms with Crippen molar-refractivity contribution < 1.29 is 9.59 Å². The number of nitrogens with one attached hydrogen (secondary N) is 1. The molecule has 0 saturated heterocycles. The number of carbonyl (C=O) groups excluding carboxylic acids is 2. The first-order valence-electron chi connectivity index (χ1n) is 11.2. The topological polar surface area (TPSA) is 49.4 Å². The summed E-state index contributed by atoms with van der Waals surface area (Å²) in [6.07, 6.45) is 5.50. The monoisotopic (exact) mass is 570 g/mol. The van der Waals surface area contributed by atoms with Gasteiger partial charge in [-0.15, -0.1) is 11.8 Å². The molecule has 1 atom stereocenters. The average molecular weight is 572 g/mol. The Bertz CT molecular complexity index is 952. The molecule has 1 fully saturated rings. The molecule has 4 nitrogen and oxygen atoms in total. The summed E-state index contributed by atoms with van der Waals surface area (Å²) < 4.78 is 1.03. The van der Waals surface area contributed by atoms with E-state index in [0.29, 0.717) is 22.3 Å². The highest BCUT2D eigenvalue weighted by Gasteiger charge is 2.28. The third kappa shape index (κ3) is 8.20. The van der Waals surface area contributed by atoms with Gasteiger partial charge in [0.05, 0.1) is 15.8 Å². The Morgan fingerprint density at radius 3 is 2.39 bits per heavy atom. The van der Waals surface area contributed by atoms with Crippen LogP contribution < -0.4 is 5.32 Å². The van der Waals surface area contributed by atoms with Gasteiger partial charge in [0.25, 0.3) is 0 Å². The SMILES string of the molecule is C[C@@H](C(=O)NC1CCCCC1)N(Cc1ccc(Cl)c(Cl)c1)C(=O)CSCc1ccc(Br)cc1. The second kappa shape index (κ2) is 13.0. The normalized spacial score (nSPS) is 15.2. The molecule has 0 aliphatic heterocycles. The van der Waals surface area contributed by atoms with E-state index in [9.17, 15) is 9.59 Å². The van der Waals surface area contributed by atoms with Crippen LogP contribution in [0.25, 0.3) is 0 Å². The molecular formula is C25H29BrCl2N2O2S. The van der Waals surface area contributed by atoms with Crippen LogP contribution in [0.15, 0.2) is 46.9 Å². The van der Waals surface area contributed by atoms with E-state index in [1.807, 2.05) is 30.3 Å². The van der Waals surface area contributed by atoms with E-state index in [1.54, 1.807) is 35.7 Å². The zero-order valence-electron chi connectivity index (χ0n) is 18.7. The van der Waals surface area contributed by atoms with Crippen molar-refractivity contribution in [2.75, 3.05) is 5.75 Å². The summed E-state index contributed by atoms with van der Waals surface area (Å²) in [5, 5.41) is 4.06. The molecule has 1 aliphatic rings. The standard InChI is InChI=1S/C25H29BrCl2N2O2S/c1-17(25(32)29-21-5-3-2-4-6-21)30(14-19-9-12-22(27)23(28)13-19)24(31)16-33-15-18-7-10-20(26)11-8-18/h7-13,17,21H,2-6,14-16H2,1H3,(H,29,32)/t17-/m0/s1. The molecule has 0 spiro atoms. The zero-order chi connectivity index (χ0) is 23.8. The summed E-state index contributed by atoms with van der Waals surface area (Å²) in [7, 11) is 0. The number of halogens is 3. The number of amides is 2. The van der Waals surface area contributed by atoms with Gasteiger partial charge in [-0.3, -0.25) is 9.59 Å². The predicted octanol–water partition coefficient (Wildman–Crippen LogP) is 6.86. The molecule has 33 heavy (non-hydrogen) atoms. The Hall–Kier alpha value is -1.21. The Kier molecular flexibility index (Phi) is 10.4. The quantitative estimate of drug-likeness (QED) is 0.358. The largest absolute Gasteiger partial charge is 0.352 e. The van der Waals surface area contributed by atoms with Crippen LogP contribution in [-0.4, -0.2) is 34.6 Å². The van der Waals surface area contributed by atoms with Crippen LogP contribution in [0.5, 0.6) is 0 Å². The predicted molar refractivity (Wildman–Crippen MR) is 142 cm³/mol. The molecule has 0 bridgehead atoms. The highest BCUT2D eigenvalue weighted by Crippen LogP contribution is 2.25. The number of rotatable bonds is 9. The van der Waals surface area contributed by atoms with E-state index in [4.69, 9.17) is 23.2 Å². The zero-order valence-corrected chi connectivity index (χ0v) is 22.6. The maximum atomic E-state index is 13.2. The summed E-state index contributed by atoms with van der Waals surface area (Å²) in [6, 6.07) is 13.0. The minimum absolute atomic E-state index is 0.0746. The van der Waals surface area contributed by atoms with Gasteiger partial charge in [0.15, 0.2) is 0 Å². The van der Waals surface area contributed by atoms with Crippen molar-refractivity contribution in [1.29, 1.82) is 0 Å². The Balaban J connectivity index is 1.67. The van der Waals surface area contributed by atoms with E-state index in [2.05, 4.69) is 21.2 Å². The molecule has 2 aromatic rings.